The number of rotatable bonds is 26. The summed E-state index contributed by atoms with van der Waals surface area (Å²) in [4.78, 5) is 99.3. The Hall–Kier alpha value is -7.92. The number of nitrogens with zero attached hydrogens (tertiary/aromatic N) is 6. The third-order valence-electron chi connectivity index (χ3n) is 11.0. The predicted octanol–water partition coefficient (Wildman–Crippen LogP) is 7.58. The molecule has 0 spiro atoms. The number of amides is 6. The van der Waals surface area contributed by atoms with Crippen molar-refractivity contribution in [1.82, 2.24) is 41.2 Å². The topological polar surface area (TPSA) is 322 Å². The first-order chi connectivity index (χ1) is 34.0. The number of aryl methyl sites for hydroxylation is 2. The van der Waals surface area contributed by atoms with Gasteiger partial charge in [0.15, 0.2) is 0 Å². The maximum atomic E-state index is 12.9. The van der Waals surface area contributed by atoms with Gasteiger partial charge in [-0.1, -0.05) is 41.5 Å². The molecule has 0 fully saturated rings. The minimum Gasteiger partial charge on any atom is -0.448 e. The average molecular weight is 1000 g/mol. The fourth-order valence-electron chi connectivity index (χ4n) is 7.76. The fourth-order valence-corrected chi connectivity index (χ4v) is 7.76. The third-order valence-corrected chi connectivity index (χ3v) is 11.0. The van der Waals surface area contributed by atoms with Crippen LogP contribution in [0, 0.1) is 46.6 Å². The number of urea groups is 2. The summed E-state index contributed by atoms with van der Waals surface area (Å²) in [6.45, 7) is 17.5. The number of aromatic nitrogens is 4. The lowest BCUT2D eigenvalue weighted by atomic mass is 9.82. The number of alkyl carbamates (subject to hydrolysis) is 2. The van der Waals surface area contributed by atoms with E-state index in [0.29, 0.717) is 61.8 Å². The van der Waals surface area contributed by atoms with Crippen LogP contribution in [0.5, 0.6) is 0 Å². The normalized spacial score (nSPS) is 12.3. The van der Waals surface area contributed by atoms with Gasteiger partial charge in [0.05, 0.1) is 29.4 Å². The van der Waals surface area contributed by atoms with Crippen molar-refractivity contribution >= 4 is 58.9 Å². The van der Waals surface area contributed by atoms with Gasteiger partial charge in [-0.3, -0.25) is 40.3 Å². The van der Waals surface area contributed by atoms with E-state index in [-0.39, 0.29) is 77.7 Å². The van der Waals surface area contributed by atoms with Crippen LogP contribution >= 0.6 is 0 Å². The van der Waals surface area contributed by atoms with E-state index in [1.807, 2.05) is 32.6 Å². The second-order valence-electron chi connectivity index (χ2n) is 19.2. The molecular weight excluding hydrogens is 933 g/mol. The third kappa shape index (κ3) is 21.8. The number of benzene rings is 2. The Bertz CT molecular complexity index is 2460. The highest BCUT2D eigenvalue weighted by Gasteiger charge is 2.24. The van der Waals surface area contributed by atoms with Crippen molar-refractivity contribution in [3.05, 3.63) is 103 Å². The SMILES string of the molecule is Cc1cc(=O)[nH]c(NC(=O)NCCC(C)CC(C)(C)CNC(=O)OCCN(CCOC(=O)NCC(C)(C)CC(C)CCNC(=O)Nc2nc(C)cc(=O)[nH]2)c2ccc(N=Nc3ccc([N+](=O)[O-])cc3)cc2)n1. The van der Waals surface area contributed by atoms with Crippen LogP contribution in [-0.4, -0.2) is 102 Å². The molecule has 0 saturated carbocycles. The van der Waals surface area contributed by atoms with Gasteiger partial charge in [0.2, 0.25) is 11.9 Å². The van der Waals surface area contributed by atoms with Crippen LogP contribution in [0.1, 0.15) is 78.6 Å². The van der Waals surface area contributed by atoms with Crippen molar-refractivity contribution < 1.29 is 33.6 Å². The van der Waals surface area contributed by atoms with Gasteiger partial charge in [0.1, 0.15) is 13.2 Å². The number of non-ortho nitro benzene ring substituents is 1. The van der Waals surface area contributed by atoms with Crippen molar-refractivity contribution in [2.45, 2.75) is 81.1 Å². The quantitative estimate of drug-likeness (QED) is 0.0171. The molecule has 6 amide bonds. The number of nitro groups is 1. The van der Waals surface area contributed by atoms with Crippen molar-refractivity contribution in [1.29, 1.82) is 0 Å². The number of nitrogens with one attached hydrogen (secondary N) is 8. The van der Waals surface area contributed by atoms with Gasteiger partial charge < -0.3 is 35.6 Å². The molecule has 4 rings (SSSR count). The lowest BCUT2D eigenvalue weighted by molar-refractivity contribution is -0.384. The summed E-state index contributed by atoms with van der Waals surface area (Å²) >= 11 is 0. The minimum absolute atomic E-state index is 0.00747. The molecule has 2 aromatic heterocycles. The van der Waals surface area contributed by atoms with Crippen LogP contribution in [0.4, 0.5) is 53.8 Å². The van der Waals surface area contributed by atoms with Crippen molar-refractivity contribution in [3.8, 4) is 0 Å². The molecule has 0 radical (unpaired) electrons. The summed E-state index contributed by atoms with van der Waals surface area (Å²) in [5.41, 5.74) is 1.25. The maximum absolute atomic E-state index is 12.9. The molecule has 0 bridgehead atoms. The molecule has 390 valence electrons. The summed E-state index contributed by atoms with van der Waals surface area (Å²) < 4.78 is 11.2. The molecule has 0 aliphatic carbocycles. The highest BCUT2D eigenvalue weighted by molar-refractivity contribution is 5.87. The van der Waals surface area contributed by atoms with Gasteiger partial charge in [0, 0.05) is 67.5 Å². The Morgan fingerprint density at radius 2 is 1.08 bits per heavy atom. The molecule has 0 saturated heterocycles. The number of anilines is 3. The van der Waals surface area contributed by atoms with E-state index in [4.69, 9.17) is 9.47 Å². The first kappa shape index (κ1) is 56.7. The molecule has 2 aromatic carbocycles. The zero-order valence-corrected chi connectivity index (χ0v) is 42.2. The van der Waals surface area contributed by atoms with E-state index >= 15 is 0 Å². The standard InChI is InChI=1S/C48H68N14O10/c1-31(17-19-49-43(65)57-41-53-33(3)25-39(63)55-41)27-47(5,6)29-51-45(67)71-23-21-61(37-13-9-35(10-14-37)59-60-36-11-15-38(16-12-36)62(69)70)22-24-72-46(68)52-30-48(7,8)28-32(2)18-20-50-44(66)58-42-54-34(4)26-40(64)56-42/h9-16,25-26,31-32H,17-24,27-30H2,1-8H3,(H,51,67)(H,52,68)(H3,49,53,55,57,63,65)(H3,50,54,56,58,64,66). The van der Waals surface area contributed by atoms with Gasteiger partial charge >= 0.3 is 24.2 Å². The van der Waals surface area contributed by atoms with E-state index in [9.17, 15) is 38.9 Å². The van der Waals surface area contributed by atoms with E-state index in [1.54, 1.807) is 38.1 Å². The number of aromatic amines is 2. The Balaban J connectivity index is 1.23. The second kappa shape index (κ2) is 27.5. The molecule has 2 unspecified atom stereocenters. The molecule has 8 N–H and O–H groups in total. The second-order valence-corrected chi connectivity index (χ2v) is 19.2. The molecule has 4 aromatic rings. The van der Waals surface area contributed by atoms with Gasteiger partial charge in [-0.15, -0.1) is 0 Å². The summed E-state index contributed by atoms with van der Waals surface area (Å²) in [6.07, 6.45) is 1.63. The molecule has 0 aliphatic rings. The fraction of sp³-hybridized carbons (Fsp3) is 0.500. The first-order valence-electron chi connectivity index (χ1n) is 23.6. The van der Waals surface area contributed by atoms with Crippen LogP contribution in [0.2, 0.25) is 0 Å². The number of ether oxygens (including phenoxy) is 2. The van der Waals surface area contributed by atoms with Crippen LogP contribution in [0.25, 0.3) is 0 Å². The summed E-state index contributed by atoms with van der Waals surface area (Å²) in [7, 11) is 0. The average Bonchev–Trinajstić information content (AvgIpc) is 3.28. The highest BCUT2D eigenvalue weighted by atomic mass is 16.6. The number of carbonyl (C=O) groups excluding carboxylic acids is 4. The van der Waals surface area contributed by atoms with Crippen LogP contribution in [0.3, 0.4) is 0 Å². The molecule has 2 heterocycles. The van der Waals surface area contributed by atoms with Crippen molar-refractivity contribution in [3.63, 3.8) is 0 Å². The van der Waals surface area contributed by atoms with Gasteiger partial charge in [0.25, 0.3) is 16.8 Å². The predicted molar refractivity (Wildman–Crippen MR) is 272 cm³/mol. The zero-order valence-electron chi connectivity index (χ0n) is 42.2. The minimum atomic E-state index is -0.595. The maximum Gasteiger partial charge on any atom is 0.407 e. The van der Waals surface area contributed by atoms with E-state index in [2.05, 4.69) is 75.9 Å². The van der Waals surface area contributed by atoms with Crippen molar-refractivity contribution in [2.75, 3.05) is 68.0 Å². The monoisotopic (exact) mass is 1000 g/mol. The number of carbonyl (C=O) groups is 4. The van der Waals surface area contributed by atoms with Crippen LogP contribution < -0.4 is 47.9 Å². The van der Waals surface area contributed by atoms with Crippen LogP contribution in [-0.2, 0) is 9.47 Å². The Morgan fingerprint density at radius 1 is 0.681 bits per heavy atom. The molecular formula is C48H68N14O10. The van der Waals surface area contributed by atoms with Gasteiger partial charge in [-0.05, 0) is 98.6 Å². The summed E-state index contributed by atoms with van der Waals surface area (Å²) in [6, 6.07) is 14.4. The Labute approximate surface area is 417 Å². The Morgan fingerprint density at radius 3 is 1.47 bits per heavy atom. The smallest absolute Gasteiger partial charge is 0.407 e. The highest BCUT2D eigenvalue weighted by Crippen LogP contribution is 2.28. The number of hydrogen-bond donors (Lipinski definition) is 8. The van der Waals surface area contributed by atoms with E-state index in [0.717, 1.165) is 18.5 Å². The molecule has 72 heavy (non-hydrogen) atoms. The molecule has 0 aliphatic heterocycles. The Kier molecular flexibility index (Phi) is 21.6. The lowest BCUT2D eigenvalue weighted by Crippen LogP contribution is -2.38. The molecule has 24 nitrogen and oxygen atoms in total. The van der Waals surface area contributed by atoms with Gasteiger partial charge in [-0.25, -0.2) is 29.1 Å². The van der Waals surface area contributed by atoms with E-state index < -0.39 is 29.2 Å². The molecule has 24 heteroatoms. The number of hydrogen-bond acceptors (Lipinski definition) is 15. The summed E-state index contributed by atoms with van der Waals surface area (Å²) in [5, 5.41) is 35.7. The first-order valence-corrected chi connectivity index (χ1v) is 23.6. The van der Waals surface area contributed by atoms with Gasteiger partial charge in [-0.2, -0.15) is 10.2 Å². The number of azo groups is 1. The van der Waals surface area contributed by atoms with Crippen LogP contribution in [0.15, 0.2) is 80.5 Å². The zero-order chi connectivity index (χ0) is 52.8. The number of H-pyrrole nitrogens is 2. The number of nitro benzene ring substituents is 1. The molecule has 2 atom stereocenters. The van der Waals surface area contributed by atoms with Crippen molar-refractivity contribution in [2.24, 2.45) is 32.9 Å². The van der Waals surface area contributed by atoms with E-state index in [1.165, 1.54) is 36.4 Å². The largest absolute Gasteiger partial charge is 0.448 e. The lowest BCUT2D eigenvalue weighted by Gasteiger charge is -2.29. The summed E-state index contributed by atoms with van der Waals surface area (Å²) in [5.74, 6) is 0.515.